The number of thiophene rings is 2. The number of aliphatic hydroxyl groups excluding tert-OH is 2. The summed E-state index contributed by atoms with van der Waals surface area (Å²) in [5.74, 6) is -2.14. The summed E-state index contributed by atoms with van der Waals surface area (Å²) in [7, 11) is 0. The Bertz CT molecular complexity index is 802. The Morgan fingerprint density at radius 1 is 0.792 bits per heavy atom. The van der Waals surface area contributed by atoms with Gasteiger partial charge in [0.25, 0.3) is 0 Å². The fourth-order valence-electron chi connectivity index (χ4n) is 2.71. The molecule has 0 spiro atoms. The van der Waals surface area contributed by atoms with Gasteiger partial charge in [0.1, 0.15) is 11.1 Å². The summed E-state index contributed by atoms with van der Waals surface area (Å²) in [5.41, 5.74) is 1.09. The molecule has 24 heavy (non-hydrogen) atoms. The van der Waals surface area contributed by atoms with E-state index < -0.39 is 24.1 Å². The smallest absolute Gasteiger partial charge is 0.343 e. The van der Waals surface area contributed by atoms with Crippen LogP contribution in [0.2, 0.25) is 0 Å². The summed E-state index contributed by atoms with van der Waals surface area (Å²) >= 11 is 2.74. The first-order valence-electron chi connectivity index (χ1n) is 6.91. The molecule has 0 bridgehead atoms. The van der Waals surface area contributed by atoms with Gasteiger partial charge < -0.3 is 19.7 Å². The SMILES string of the molecule is O=C1O[C@H]([C@H]2OC(=O)C(c3ccsc3)=C2O)C(O)=C1c1ccsc1. The van der Waals surface area contributed by atoms with Gasteiger partial charge in [-0.05, 0) is 33.7 Å². The van der Waals surface area contributed by atoms with Crippen LogP contribution in [0.1, 0.15) is 11.1 Å². The van der Waals surface area contributed by atoms with Crippen LogP contribution >= 0.6 is 22.7 Å². The quantitative estimate of drug-likeness (QED) is 0.816. The molecule has 0 amide bonds. The molecule has 2 aliphatic heterocycles. The standard InChI is InChI=1S/C16H10O6S2/c17-11-9(7-1-3-23-5-7)15(19)21-13(11)14-12(18)10(16(20)22-14)8-2-4-24-6-8/h1-6,13-14,17-18H/t13-,14-/m0/s1. The molecule has 0 saturated carbocycles. The maximum atomic E-state index is 12.1. The van der Waals surface area contributed by atoms with Gasteiger partial charge in [-0.3, -0.25) is 0 Å². The van der Waals surface area contributed by atoms with Crippen LogP contribution in [-0.2, 0) is 19.1 Å². The minimum atomic E-state index is -1.26. The monoisotopic (exact) mass is 362 g/mol. The Hall–Kier alpha value is -2.58. The van der Waals surface area contributed by atoms with Crippen LogP contribution in [0.3, 0.4) is 0 Å². The number of carbonyl (C=O) groups excluding carboxylic acids is 2. The van der Waals surface area contributed by atoms with Crippen molar-refractivity contribution in [1.29, 1.82) is 0 Å². The second kappa shape index (κ2) is 5.50. The van der Waals surface area contributed by atoms with E-state index in [1.807, 2.05) is 0 Å². The highest BCUT2D eigenvalue weighted by Crippen LogP contribution is 2.39. The van der Waals surface area contributed by atoms with E-state index in [2.05, 4.69) is 0 Å². The maximum Gasteiger partial charge on any atom is 0.343 e. The molecule has 8 heteroatoms. The summed E-state index contributed by atoms with van der Waals surface area (Å²) in [6.45, 7) is 0. The van der Waals surface area contributed by atoms with E-state index in [4.69, 9.17) is 9.47 Å². The van der Waals surface area contributed by atoms with Crippen molar-refractivity contribution in [3.63, 3.8) is 0 Å². The summed E-state index contributed by atoms with van der Waals surface area (Å²) in [4.78, 5) is 24.2. The molecule has 0 fully saturated rings. The third-order valence-electron chi connectivity index (χ3n) is 3.82. The largest absolute Gasteiger partial charge is 0.507 e. The van der Waals surface area contributed by atoms with Crippen LogP contribution in [0.4, 0.5) is 0 Å². The molecule has 0 aromatic carbocycles. The number of carbonyl (C=O) groups is 2. The van der Waals surface area contributed by atoms with E-state index in [9.17, 15) is 19.8 Å². The Labute approximate surface area is 143 Å². The first kappa shape index (κ1) is 15.0. The second-order valence-electron chi connectivity index (χ2n) is 5.20. The van der Waals surface area contributed by atoms with Crippen molar-refractivity contribution in [3.8, 4) is 0 Å². The zero-order valence-corrected chi connectivity index (χ0v) is 13.6. The molecule has 4 rings (SSSR count). The molecule has 0 radical (unpaired) electrons. The maximum absolute atomic E-state index is 12.1. The number of hydrogen-bond acceptors (Lipinski definition) is 8. The Kier molecular flexibility index (Phi) is 3.43. The van der Waals surface area contributed by atoms with E-state index in [1.54, 1.807) is 33.7 Å². The minimum absolute atomic E-state index is 0.0223. The molecule has 4 heterocycles. The zero-order valence-electron chi connectivity index (χ0n) is 12.0. The van der Waals surface area contributed by atoms with Crippen molar-refractivity contribution >= 4 is 45.8 Å². The highest BCUT2D eigenvalue weighted by atomic mass is 32.1. The van der Waals surface area contributed by atoms with Crippen LogP contribution in [0, 0.1) is 0 Å². The van der Waals surface area contributed by atoms with E-state index >= 15 is 0 Å². The molecule has 0 aliphatic carbocycles. The minimum Gasteiger partial charge on any atom is -0.507 e. The lowest BCUT2D eigenvalue weighted by Crippen LogP contribution is -2.31. The molecular formula is C16H10O6S2. The topological polar surface area (TPSA) is 93.1 Å². The van der Waals surface area contributed by atoms with Gasteiger partial charge in [-0.1, -0.05) is 0 Å². The highest BCUT2D eigenvalue weighted by molar-refractivity contribution is 7.08. The lowest BCUT2D eigenvalue weighted by molar-refractivity contribution is -0.152. The van der Waals surface area contributed by atoms with Crippen molar-refractivity contribution in [3.05, 3.63) is 56.3 Å². The van der Waals surface area contributed by atoms with Gasteiger partial charge in [-0.25, -0.2) is 9.59 Å². The van der Waals surface area contributed by atoms with Crippen LogP contribution < -0.4 is 0 Å². The number of aliphatic hydroxyl groups is 2. The van der Waals surface area contributed by atoms with Gasteiger partial charge >= 0.3 is 11.9 Å². The van der Waals surface area contributed by atoms with Crippen molar-refractivity contribution in [2.45, 2.75) is 12.2 Å². The fourth-order valence-corrected chi connectivity index (χ4v) is 4.00. The summed E-state index contributed by atoms with van der Waals surface area (Å²) in [5, 5.41) is 27.7. The number of cyclic esters (lactones) is 2. The van der Waals surface area contributed by atoms with Crippen molar-refractivity contribution in [2.24, 2.45) is 0 Å². The van der Waals surface area contributed by atoms with Crippen LogP contribution in [0.5, 0.6) is 0 Å². The predicted octanol–water partition coefficient (Wildman–Crippen LogP) is 2.90. The number of hydrogen-bond donors (Lipinski definition) is 2. The molecule has 0 unspecified atom stereocenters. The van der Waals surface area contributed by atoms with Crippen LogP contribution in [0.25, 0.3) is 11.1 Å². The molecule has 2 N–H and O–H groups in total. The normalized spacial score (nSPS) is 23.8. The molecule has 0 saturated heterocycles. The summed E-state index contributed by atoms with van der Waals surface area (Å²) in [6, 6.07) is 3.35. The third-order valence-corrected chi connectivity index (χ3v) is 5.19. The zero-order chi connectivity index (χ0) is 16.8. The van der Waals surface area contributed by atoms with Gasteiger partial charge in [-0.2, -0.15) is 22.7 Å². The van der Waals surface area contributed by atoms with Gasteiger partial charge in [-0.15, -0.1) is 0 Å². The first-order valence-corrected chi connectivity index (χ1v) is 8.80. The lowest BCUT2D eigenvalue weighted by atomic mass is 10.0. The second-order valence-corrected chi connectivity index (χ2v) is 6.76. The third kappa shape index (κ3) is 2.15. The first-order chi connectivity index (χ1) is 11.6. The van der Waals surface area contributed by atoms with Crippen molar-refractivity contribution < 1.29 is 29.3 Å². The van der Waals surface area contributed by atoms with Gasteiger partial charge in [0.15, 0.2) is 11.5 Å². The predicted molar refractivity (Wildman–Crippen MR) is 87.5 cm³/mol. The fraction of sp³-hybridized carbons (Fsp3) is 0.125. The van der Waals surface area contributed by atoms with E-state index in [-0.39, 0.29) is 22.7 Å². The molecule has 2 atom stereocenters. The van der Waals surface area contributed by atoms with E-state index in [0.29, 0.717) is 11.1 Å². The van der Waals surface area contributed by atoms with Crippen LogP contribution in [0.15, 0.2) is 45.2 Å². The van der Waals surface area contributed by atoms with E-state index in [0.717, 1.165) is 0 Å². The number of rotatable bonds is 3. The van der Waals surface area contributed by atoms with Gasteiger partial charge in [0.2, 0.25) is 12.2 Å². The summed E-state index contributed by atoms with van der Waals surface area (Å²) in [6.07, 6.45) is -2.51. The molecule has 6 nitrogen and oxygen atoms in total. The Morgan fingerprint density at radius 3 is 1.54 bits per heavy atom. The Morgan fingerprint density at radius 2 is 1.21 bits per heavy atom. The Balaban J connectivity index is 1.73. The number of ether oxygens (including phenoxy) is 2. The average molecular weight is 362 g/mol. The van der Waals surface area contributed by atoms with Gasteiger partial charge in [0.05, 0.1) is 0 Å². The van der Waals surface area contributed by atoms with Crippen molar-refractivity contribution in [1.82, 2.24) is 0 Å². The lowest BCUT2D eigenvalue weighted by Gasteiger charge is -2.17. The molecule has 2 aliphatic rings. The highest BCUT2D eigenvalue weighted by Gasteiger charge is 2.48. The van der Waals surface area contributed by atoms with E-state index in [1.165, 1.54) is 22.7 Å². The number of esters is 2. The average Bonchev–Trinajstić information content (AvgIpc) is 3.29. The van der Waals surface area contributed by atoms with Gasteiger partial charge in [0, 0.05) is 11.1 Å². The molecular weight excluding hydrogens is 352 g/mol. The summed E-state index contributed by atoms with van der Waals surface area (Å²) < 4.78 is 10.3. The van der Waals surface area contributed by atoms with Crippen LogP contribution in [-0.4, -0.2) is 34.4 Å². The molecule has 2 aromatic rings. The van der Waals surface area contributed by atoms with Crippen molar-refractivity contribution in [2.75, 3.05) is 0 Å². The molecule has 2 aromatic heterocycles. The molecule has 122 valence electrons.